The van der Waals surface area contributed by atoms with E-state index in [1.807, 2.05) is 13.8 Å². The molecular weight excluding hydrogens is 244 g/mol. The van der Waals surface area contributed by atoms with Gasteiger partial charge in [-0.3, -0.25) is 0 Å². The summed E-state index contributed by atoms with van der Waals surface area (Å²) in [7, 11) is 0. The predicted molar refractivity (Wildman–Crippen MR) is 73.9 cm³/mol. The highest BCUT2D eigenvalue weighted by Crippen LogP contribution is 2.28. The van der Waals surface area contributed by atoms with Crippen molar-refractivity contribution in [2.24, 2.45) is 0 Å². The first kappa shape index (κ1) is 13.7. The molecule has 2 rings (SSSR count). The van der Waals surface area contributed by atoms with Gasteiger partial charge in [0.1, 0.15) is 11.6 Å². The molecule has 1 N–H and O–H groups in total. The van der Waals surface area contributed by atoms with Crippen molar-refractivity contribution in [2.75, 3.05) is 6.54 Å². The van der Waals surface area contributed by atoms with Crippen LogP contribution >= 0.6 is 0 Å². The Bertz CT molecular complexity index is 579. The van der Waals surface area contributed by atoms with E-state index >= 15 is 0 Å². The predicted octanol–water partition coefficient (Wildman–Crippen LogP) is 4.05. The molecule has 0 aliphatic heterocycles. The van der Waals surface area contributed by atoms with Gasteiger partial charge in [-0.05, 0) is 60.0 Å². The van der Waals surface area contributed by atoms with Crippen molar-refractivity contribution in [1.29, 1.82) is 0 Å². The molecule has 0 aliphatic carbocycles. The van der Waals surface area contributed by atoms with Crippen molar-refractivity contribution in [2.45, 2.75) is 20.4 Å². The highest BCUT2D eigenvalue weighted by atomic mass is 19.1. The molecule has 0 saturated carbocycles. The Labute approximate surface area is 112 Å². The fraction of sp³-hybridized carbons (Fsp3) is 0.250. The van der Waals surface area contributed by atoms with E-state index in [9.17, 15) is 8.78 Å². The Morgan fingerprint density at radius 3 is 2.21 bits per heavy atom. The van der Waals surface area contributed by atoms with E-state index in [0.29, 0.717) is 6.54 Å². The fourth-order valence-corrected chi connectivity index (χ4v) is 2.16. The van der Waals surface area contributed by atoms with Gasteiger partial charge in [-0.15, -0.1) is 0 Å². The van der Waals surface area contributed by atoms with Crippen LogP contribution in [-0.2, 0) is 6.54 Å². The van der Waals surface area contributed by atoms with E-state index in [1.165, 1.54) is 24.3 Å². The van der Waals surface area contributed by atoms with E-state index in [2.05, 4.69) is 5.32 Å². The number of benzene rings is 2. The number of hydrogen-bond acceptors (Lipinski definition) is 1. The first-order valence-electron chi connectivity index (χ1n) is 6.37. The normalized spacial score (nSPS) is 10.7. The third-order valence-corrected chi connectivity index (χ3v) is 3.11. The summed E-state index contributed by atoms with van der Waals surface area (Å²) < 4.78 is 26.5. The van der Waals surface area contributed by atoms with E-state index in [-0.39, 0.29) is 11.6 Å². The molecule has 19 heavy (non-hydrogen) atoms. The van der Waals surface area contributed by atoms with E-state index in [0.717, 1.165) is 28.8 Å². The summed E-state index contributed by atoms with van der Waals surface area (Å²) in [6.07, 6.45) is 0. The average molecular weight is 261 g/mol. The lowest BCUT2D eigenvalue weighted by Crippen LogP contribution is -2.12. The second-order valence-electron chi connectivity index (χ2n) is 4.54. The third-order valence-electron chi connectivity index (χ3n) is 3.11. The SMILES string of the molecule is CCNCc1cc(F)ccc1-c1ccc(F)cc1C. The highest BCUT2D eigenvalue weighted by molar-refractivity contribution is 5.70. The highest BCUT2D eigenvalue weighted by Gasteiger charge is 2.09. The van der Waals surface area contributed by atoms with Gasteiger partial charge in [0.2, 0.25) is 0 Å². The van der Waals surface area contributed by atoms with E-state index < -0.39 is 0 Å². The number of nitrogens with one attached hydrogen (secondary N) is 1. The fourth-order valence-electron chi connectivity index (χ4n) is 2.16. The summed E-state index contributed by atoms with van der Waals surface area (Å²) >= 11 is 0. The zero-order chi connectivity index (χ0) is 13.8. The molecule has 1 nitrogen and oxygen atoms in total. The summed E-state index contributed by atoms with van der Waals surface area (Å²) in [6.45, 7) is 5.28. The van der Waals surface area contributed by atoms with Crippen molar-refractivity contribution in [3.05, 3.63) is 59.2 Å². The molecule has 0 bridgehead atoms. The number of rotatable bonds is 4. The van der Waals surface area contributed by atoms with Crippen molar-refractivity contribution in [1.82, 2.24) is 5.32 Å². The number of hydrogen-bond donors (Lipinski definition) is 1. The minimum Gasteiger partial charge on any atom is -0.313 e. The Morgan fingerprint density at radius 2 is 1.58 bits per heavy atom. The van der Waals surface area contributed by atoms with Gasteiger partial charge in [0.15, 0.2) is 0 Å². The summed E-state index contributed by atoms with van der Waals surface area (Å²) in [5.74, 6) is -0.506. The smallest absolute Gasteiger partial charge is 0.123 e. The maximum atomic E-state index is 13.4. The van der Waals surface area contributed by atoms with Crippen molar-refractivity contribution in [3.8, 4) is 11.1 Å². The molecule has 0 fully saturated rings. The van der Waals surface area contributed by atoms with Gasteiger partial charge in [0.25, 0.3) is 0 Å². The van der Waals surface area contributed by atoms with Crippen LogP contribution in [0.5, 0.6) is 0 Å². The van der Waals surface area contributed by atoms with Crippen LogP contribution in [0.4, 0.5) is 8.78 Å². The van der Waals surface area contributed by atoms with Gasteiger partial charge < -0.3 is 5.32 Å². The van der Waals surface area contributed by atoms with Gasteiger partial charge in [0.05, 0.1) is 0 Å². The van der Waals surface area contributed by atoms with Crippen LogP contribution in [0.1, 0.15) is 18.1 Å². The Kier molecular flexibility index (Phi) is 4.27. The largest absolute Gasteiger partial charge is 0.313 e. The lowest BCUT2D eigenvalue weighted by atomic mass is 9.95. The van der Waals surface area contributed by atoms with Gasteiger partial charge in [0, 0.05) is 6.54 Å². The molecule has 0 radical (unpaired) electrons. The van der Waals surface area contributed by atoms with Crippen LogP contribution in [0.25, 0.3) is 11.1 Å². The molecular formula is C16H17F2N. The lowest BCUT2D eigenvalue weighted by Gasteiger charge is -2.13. The molecule has 0 saturated heterocycles. The van der Waals surface area contributed by atoms with Crippen LogP contribution in [-0.4, -0.2) is 6.54 Å². The standard InChI is InChI=1S/C16H17F2N/c1-3-19-10-12-9-14(18)5-7-16(12)15-6-4-13(17)8-11(15)2/h4-9,19H,3,10H2,1-2H3. The minimum absolute atomic E-state index is 0.253. The van der Waals surface area contributed by atoms with Gasteiger partial charge >= 0.3 is 0 Å². The van der Waals surface area contributed by atoms with E-state index in [4.69, 9.17) is 0 Å². The molecule has 0 heterocycles. The third kappa shape index (κ3) is 3.18. The van der Waals surface area contributed by atoms with Gasteiger partial charge in [-0.2, -0.15) is 0 Å². The van der Waals surface area contributed by atoms with Gasteiger partial charge in [-0.1, -0.05) is 19.1 Å². The summed E-state index contributed by atoms with van der Waals surface area (Å²) in [4.78, 5) is 0. The zero-order valence-electron chi connectivity index (χ0n) is 11.1. The second-order valence-corrected chi connectivity index (χ2v) is 4.54. The Hall–Kier alpha value is -1.74. The Morgan fingerprint density at radius 1 is 0.947 bits per heavy atom. The molecule has 0 unspecified atom stereocenters. The van der Waals surface area contributed by atoms with Crippen LogP contribution < -0.4 is 5.32 Å². The van der Waals surface area contributed by atoms with Crippen molar-refractivity contribution >= 4 is 0 Å². The Balaban J connectivity index is 2.48. The molecule has 0 spiro atoms. The van der Waals surface area contributed by atoms with Crippen LogP contribution in [0.15, 0.2) is 36.4 Å². The molecule has 0 atom stereocenters. The molecule has 0 aliphatic rings. The quantitative estimate of drug-likeness (QED) is 0.875. The monoisotopic (exact) mass is 261 g/mol. The van der Waals surface area contributed by atoms with Crippen molar-refractivity contribution in [3.63, 3.8) is 0 Å². The second kappa shape index (κ2) is 5.93. The van der Waals surface area contributed by atoms with Crippen molar-refractivity contribution < 1.29 is 8.78 Å². The van der Waals surface area contributed by atoms with E-state index in [1.54, 1.807) is 12.1 Å². The first-order chi connectivity index (χ1) is 9.11. The van der Waals surface area contributed by atoms with Crippen LogP contribution in [0.3, 0.4) is 0 Å². The summed E-state index contributed by atoms with van der Waals surface area (Å²) in [6, 6.07) is 9.39. The summed E-state index contributed by atoms with van der Waals surface area (Å²) in [5, 5.41) is 3.19. The lowest BCUT2D eigenvalue weighted by molar-refractivity contribution is 0.622. The molecule has 100 valence electrons. The molecule has 0 aromatic heterocycles. The minimum atomic E-state index is -0.253. The van der Waals surface area contributed by atoms with Crippen LogP contribution in [0.2, 0.25) is 0 Å². The number of halogens is 2. The zero-order valence-corrected chi connectivity index (χ0v) is 11.1. The molecule has 2 aromatic rings. The van der Waals surface area contributed by atoms with Gasteiger partial charge in [-0.25, -0.2) is 8.78 Å². The molecule has 0 amide bonds. The molecule has 3 heteroatoms. The summed E-state index contributed by atoms with van der Waals surface area (Å²) in [5.41, 5.74) is 3.62. The average Bonchev–Trinajstić information content (AvgIpc) is 2.37. The molecule has 2 aromatic carbocycles. The van der Waals surface area contributed by atoms with Crippen LogP contribution in [0, 0.1) is 18.6 Å². The maximum Gasteiger partial charge on any atom is 0.123 e. The number of aryl methyl sites for hydroxylation is 1. The maximum absolute atomic E-state index is 13.4. The topological polar surface area (TPSA) is 12.0 Å². The first-order valence-corrected chi connectivity index (χ1v) is 6.37.